The van der Waals surface area contributed by atoms with E-state index in [4.69, 9.17) is 4.74 Å². The van der Waals surface area contributed by atoms with Gasteiger partial charge in [-0.2, -0.15) is 43.2 Å². The zero-order valence-corrected chi connectivity index (χ0v) is 39.4. The van der Waals surface area contributed by atoms with E-state index in [0.717, 1.165) is 43.6 Å². The van der Waals surface area contributed by atoms with Gasteiger partial charge in [0.15, 0.2) is 0 Å². The maximum Gasteiger partial charge on any atom is 0.534 e. The first-order valence-electron chi connectivity index (χ1n) is 21.5. The second kappa shape index (κ2) is 18.9. The number of fused-ring (bicyclic) bond motifs is 12. The maximum absolute atomic E-state index is 12.7. The molecule has 10 aromatic carbocycles. The van der Waals surface area contributed by atoms with E-state index in [1.165, 1.54) is 82.4 Å². The molecular weight excluding hydrogens is 951 g/mol. The van der Waals surface area contributed by atoms with Gasteiger partial charge in [0.2, 0.25) is 0 Å². The molecule has 0 saturated heterocycles. The molecule has 0 fully saturated rings. The third-order valence-corrected chi connectivity index (χ3v) is 13.5. The highest BCUT2D eigenvalue weighted by Gasteiger charge is 2.49. The number of hydrogen-bond donors (Lipinski definition) is 0. The van der Waals surface area contributed by atoms with Gasteiger partial charge in [0.25, 0.3) is 0 Å². The topological polar surface area (TPSA) is 96.0 Å². The van der Waals surface area contributed by atoms with Crippen molar-refractivity contribution in [2.45, 2.75) is 37.4 Å². The van der Waals surface area contributed by atoms with Gasteiger partial charge < -0.3 is 8.92 Å². The monoisotopic (exact) mass is 992 g/mol. The summed E-state index contributed by atoms with van der Waals surface area (Å²) in [6.07, 6.45) is 0. The van der Waals surface area contributed by atoms with Gasteiger partial charge in [-0.15, -0.1) is 0 Å². The van der Waals surface area contributed by atoms with Crippen LogP contribution in [-0.2, 0) is 24.4 Å². The number of methoxy groups -OCH3 is 1. The molecule has 358 valence electrons. The Morgan fingerprint density at radius 1 is 0.343 bits per heavy atom. The van der Waals surface area contributed by atoms with Crippen LogP contribution in [0.3, 0.4) is 0 Å². The van der Waals surface area contributed by atoms with Crippen LogP contribution in [0.1, 0.15) is 20.8 Å². The van der Waals surface area contributed by atoms with Crippen molar-refractivity contribution in [3.8, 4) is 33.8 Å². The molecule has 0 atom stereocenters. The molecule has 70 heavy (non-hydrogen) atoms. The average Bonchev–Trinajstić information content (AvgIpc) is 3.33. The van der Waals surface area contributed by atoms with Crippen LogP contribution in [0.15, 0.2) is 182 Å². The number of benzene rings is 10. The van der Waals surface area contributed by atoms with Crippen molar-refractivity contribution in [1.29, 1.82) is 0 Å². The number of alkyl halides is 6. The van der Waals surface area contributed by atoms with E-state index in [-0.39, 0.29) is 0 Å². The molecule has 7 nitrogen and oxygen atoms in total. The molecule has 0 unspecified atom stereocenters. The average molecular weight is 993 g/mol. The Morgan fingerprint density at radius 3 is 0.957 bits per heavy atom. The van der Waals surface area contributed by atoms with Crippen molar-refractivity contribution >= 4 is 84.9 Å². The predicted octanol–water partition coefficient (Wildman–Crippen LogP) is 15.5. The SMILES string of the molecule is CC(C)(C)OS(=O)(=O)C(F)(F)F.COc1cccc(-c2ccc3c4ccccc4c4ccccc4c3c2)c1.O=S(=O)(Oc1cccc(-c2ccc3c4ccccc4c4ccccc4c3c2)c1)C(F)(F)F. The first-order valence-corrected chi connectivity index (χ1v) is 24.3. The summed E-state index contributed by atoms with van der Waals surface area (Å²) in [4.78, 5) is 0. The van der Waals surface area contributed by atoms with Crippen molar-refractivity contribution in [1.82, 2.24) is 0 Å². The van der Waals surface area contributed by atoms with Crippen LogP contribution in [-0.4, -0.2) is 40.6 Å². The van der Waals surface area contributed by atoms with E-state index in [2.05, 4.69) is 105 Å². The molecule has 0 radical (unpaired) electrons. The molecule has 0 bridgehead atoms. The molecule has 0 heterocycles. The van der Waals surface area contributed by atoms with Crippen LogP contribution in [0, 0.1) is 0 Å². The molecule has 0 spiro atoms. The second-order valence-corrected chi connectivity index (χ2v) is 20.1. The fraction of sp³-hybridized carbons (Fsp3) is 0.127. The summed E-state index contributed by atoms with van der Waals surface area (Å²) in [7, 11) is -9.49. The fourth-order valence-electron chi connectivity index (χ4n) is 8.25. The van der Waals surface area contributed by atoms with Gasteiger partial charge in [-0.3, -0.25) is 4.18 Å². The van der Waals surface area contributed by atoms with Gasteiger partial charge in [-0.05, 0) is 144 Å². The summed E-state index contributed by atoms with van der Waals surface area (Å²) in [5.74, 6) is 0.481. The third kappa shape index (κ3) is 10.2. The molecule has 10 rings (SSSR count). The molecular formula is C55H42F6O7S2. The summed E-state index contributed by atoms with van der Waals surface area (Å²) >= 11 is 0. The summed E-state index contributed by atoms with van der Waals surface area (Å²) in [5.41, 5.74) is -8.56. The Bertz CT molecular complexity index is 3760. The van der Waals surface area contributed by atoms with Crippen molar-refractivity contribution < 1.29 is 56.3 Å². The first-order chi connectivity index (χ1) is 33.0. The lowest BCUT2D eigenvalue weighted by Gasteiger charge is -2.19. The lowest BCUT2D eigenvalue weighted by Crippen LogP contribution is -2.33. The molecule has 0 aliphatic rings. The van der Waals surface area contributed by atoms with E-state index < -0.39 is 42.6 Å². The van der Waals surface area contributed by atoms with Gasteiger partial charge >= 0.3 is 31.3 Å². The third-order valence-electron chi connectivity index (χ3n) is 11.2. The Labute approximate surface area is 399 Å². The number of rotatable bonds is 6. The highest BCUT2D eigenvalue weighted by molar-refractivity contribution is 7.88. The second-order valence-electron chi connectivity index (χ2n) is 17.0. The van der Waals surface area contributed by atoms with E-state index in [9.17, 15) is 43.2 Å². The van der Waals surface area contributed by atoms with Gasteiger partial charge in [0, 0.05) is 0 Å². The van der Waals surface area contributed by atoms with Crippen molar-refractivity contribution in [2.75, 3.05) is 7.11 Å². The normalized spacial score (nSPS) is 12.4. The number of halogens is 6. The highest BCUT2D eigenvalue weighted by atomic mass is 32.2. The van der Waals surface area contributed by atoms with E-state index >= 15 is 0 Å². The molecule has 0 amide bonds. The summed E-state index contributed by atoms with van der Waals surface area (Å²) in [6, 6.07) is 59.9. The van der Waals surface area contributed by atoms with Crippen molar-refractivity contribution in [2.24, 2.45) is 0 Å². The van der Waals surface area contributed by atoms with Crippen LogP contribution >= 0.6 is 0 Å². The van der Waals surface area contributed by atoms with Crippen molar-refractivity contribution in [3.63, 3.8) is 0 Å². The summed E-state index contributed by atoms with van der Waals surface area (Å²) in [6.45, 7) is 3.66. The minimum absolute atomic E-state index is 0.400. The lowest BCUT2D eigenvalue weighted by atomic mass is 9.92. The largest absolute Gasteiger partial charge is 0.534 e. The van der Waals surface area contributed by atoms with Crippen molar-refractivity contribution in [3.05, 3.63) is 182 Å². The zero-order chi connectivity index (χ0) is 50.2. The van der Waals surface area contributed by atoms with E-state index in [0.29, 0.717) is 5.56 Å². The summed E-state index contributed by atoms with van der Waals surface area (Å²) < 4.78 is 130. The molecule has 0 aromatic heterocycles. The maximum atomic E-state index is 12.7. The van der Waals surface area contributed by atoms with Crippen LogP contribution < -0.4 is 8.92 Å². The van der Waals surface area contributed by atoms with Gasteiger partial charge in [-0.25, -0.2) is 0 Å². The van der Waals surface area contributed by atoms with Crippen LogP contribution in [0.4, 0.5) is 26.3 Å². The minimum Gasteiger partial charge on any atom is -0.497 e. The van der Waals surface area contributed by atoms with E-state index in [1.54, 1.807) is 13.2 Å². The predicted molar refractivity (Wildman–Crippen MR) is 267 cm³/mol. The summed E-state index contributed by atoms with van der Waals surface area (Å²) in [5, 5.41) is 14.2. The quantitative estimate of drug-likeness (QED) is 0.0708. The smallest absolute Gasteiger partial charge is 0.497 e. The van der Waals surface area contributed by atoms with Gasteiger partial charge in [0.05, 0.1) is 12.7 Å². The Morgan fingerprint density at radius 2 is 0.643 bits per heavy atom. The standard InChI is InChI=1S/C25H15F3O3S.C25H18O.C5H9F3O3S/c26-25(27,28)32(29,30)31-18-7-5-6-16(14-18)17-12-13-23-21-10-2-1-8-19(21)20-9-3-4-11-22(20)24(23)15-17;1-26-19-8-6-7-17(15-19)18-13-14-24-22-11-3-2-9-20(22)21-10-4-5-12-23(21)25(24)16-18;1-4(2,3)11-12(9,10)5(6,7)8/h1-15H;2-16H,1H3;1-3H3. The minimum atomic E-state index is -5.74. The Hall–Kier alpha value is -7.20. The molecule has 0 N–H and O–H groups in total. The zero-order valence-electron chi connectivity index (χ0n) is 37.8. The molecule has 10 aromatic rings. The Kier molecular flexibility index (Phi) is 13.3. The van der Waals surface area contributed by atoms with Crippen LogP contribution in [0.25, 0.3) is 86.9 Å². The number of ether oxygens (including phenoxy) is 1. The molecule has 0 saturated carbocycles. The van der Waals surface area contributed by atoms with Crippen LogP contribution in [0.2, 0.25) is 0 Å². The molecule has 15 heteroatoms. The van der Waals surface area contributed by atoms with Gasteiger partial charge in [0.1, 0.15) is 11.5 Å². The molecule has 0 aliphatic carbocycles. The number of hydrogen-bond acceptors (Lipinski definition) is 7. The fourth-order valence-corrected chi connectivity index (χ4v) is 9.46. The highest BCUT2D eigenvalue weighted by Crippen LogP contribution is 2.40. The van der Waals surface area contributed by atoms with Crippen LogP contribution in [0.5, 0.6) is 11.5 Å². The molecule has 0 aliphatic heterocycles. The lowest BCUT2D eigenvalue weighted by molar-refractivity contribution is -0.0613. The van der Waals surface area contributed by atoms with Gasteiger partial charge in [-0.1, -0.05) is 146 Å². The van der Waals surface area contributed by atoms with E-state index in [1.807, 2.05) is 60.7 Å². The first kappa shape index (κ1) is 49.2. The Balaban J connectivity index is 0.000000156.